The molecule has 23 heteroatoms. The number of aliphatic hydroxyl groups is 9. The molecule has 4 fully saturated rings. The molecule has 53 heavy (non-hydrogen) atoms. The fourth-order valence-electron chi connectivity index (χ4n) is 6.74. The highest BCUT2D eigenvalue weighted by atomic mass is 16.7. The molecule has 0 bridgehead atoms. The Labute approximate surface area is 303 Å². The Bertz CT molecular complexity index is 1240. The first kappa shape index (κ1) is 43.5. The third kappa shape index (κ3) is 9.76. The molecule has 14 N–H and O–H groups in total. The van der Waals surface area contributed by atoms with E-state index < -0.39 is 160 Å². The second kappa shape index (κ2) is 18.6. The molecule has 0 radical (unpaired) electrons. The van der Waals surface area contributed by atoms with Crippen molar-refractivity contribution in [3.8, 4) is 0 Å². The molecule has 4 saturated heterocycles. The van der Waals surface area contributed by atoms with Gasteiger partial charge < -0.3 is 101 Å². The number of amides is 3. The van der Waals surface area contributed by atoms with E-state index in [2.05, 4.69) is 16.0 Å². The standard InChI is InChI=1S/C30H52N4O19/c1-8-15(31)25(52-30-23(45)22(44)19(41)12(5-35)49-30)18(34-11(4)40)29(47-8)51-24-14(7-37)50-28(16(21(24)43)32-9(2)38)53-26-17(33-10(3)39)27(46)48-13(6-36)20(26)42/h8,12-30,35-37,41-46H,5-7,31H2,1-4H3,(H,32,38)(H,33,39)(H,34,40)/t8-,12-,13-,14-,15+,16-,17-,18-,19-,20+,21-,22+,23-,24+,25+,26-,27?,28-,29+,30+/m1/s1. The largest absolute Gasteiger partial charge is 0.394 e. The van der Waals surface area contributed by atoms with Gasteiger partial charge in [-0.1, -0.05) is 0 Å². The summed E-state index contributed by atoms with van der Waals surface area (Å²) >= 11 is 0. The van der Waals surface area contributed by atoms with Crippen LogP contribution in [-0.2, 0) is 47.5 Å². The molecule has 20 atom stereocenters. The summed E-state index contributed by atoms with van der Waals surface area (Å²) in [6, 6.07) is -5.42. The lowest BCUT2D eigenvalue weighted by atomic mass is 9.93. The smallest absolute Gasteiger partial charge is 0.217 e. The summed E-state index contributed by atoms with van der Waals surface area (Å²) in [7, 11) is 0. The van der Waals surface area contributed by atoms with E-state index in [1.54, 1.807) is 0 Å². The van der Waals surface area contributed by atoms with Crippen LogP contribution in [0.3, 0.4) is 0 Å². The summed E-state index contributed by atoms with van der Waals surface area (Å²) in [6.07, 6.45) is -25.3. The van der Waals surface area contributed by atoms with Crippen LogP contribution in [0.4, 0.5) is 0 Å². The number of nitrogens with two attached hydrogens (primary N) is 1. The topological polar surface area (TPSA) is 360 Å². The number of hydrogen-bond acceptors (Lipinski definition) is 20. The maximum atomic E-state index is 12.4. The summed E-state index contributed by atoms with van der Waals surface area (Å²) in [4.78, 5) is 36.7. The van der Waals surface area contributed by atoms with Gasteiger partial charge in [0.2, 0.25) is 17.7 Å². The summed E-state index contributed by atoms with van der Waals surface area (Å²) in [5.41, 5.74) is 6.40. The number of aliphatic hydroxyl groups excluding tert-OH is 9. The molecule has 4 rings (SSSR count). The second-order valence-corrected chi connectivity index (χ2v) is 13.4. The van der Waals surface area contributed by atoms with Crippen molar-refractivity contribution in [1.82, 2.24) is 16.0 Å². The van der Waals surface area contributed by atoms with Crippen molar-refractivity contribution < 1.29 is 93.5 Å². The maximum Gasteiger partial charge on any atom is 0.217 e. The lowest BCUT2D eigenvalue weighted by Crippen LogP contribution is -2.72. The van der Waals surface area contributed by atoms with Gasteiger partial charge in [-0.25, -0.2) is 0 Å². The van der Waals surface area contributed by atoms with Gasteiger partial charge >= 0.3 is 0 Å². The monoisotopic (exact) mass is 772 g/mol. The lowest BCUT2D eigenvalue weighted by molar-refractivity contribution is -0.354. The van der Waals surface area contributed by atoms with E-state index in [1.807, 2.05) is 0 Å². The van der Waals surface area contributed by atoms with Crippen LogP contribution in [0.25, 0.3) is 0 Å². The van der Waals surface area contributed by atoms with E-state index in [1.165, 1.54) is 6.92 Å². The van der Waals surface area contributed by atoms with Crippen molar-refractivity contribution in [2.24, 2.45) is 5.73 Å². The van der Waals surface area contributed by atoms with E-state index in [0.717, 1.165) is 20.8 Å². The molecule has 0 aliphatic carbocycles. The average Bonchev–Trinajstić information content (AvgIpc) is 3.09. The molecule has 4 aliphatic heterocycles. The third-order valence-electron chi connectivity index (χ3n) is 9.48. The Hall–Kier alpha value is -2.27. The summed E-state index contributed by atoms with van der Waals surface area (Å²) in [5.74, 6) is -2.01. The zero-order valence-electron chi connectivity index (χ0n) is 29.4. The average molecular weight is 773 g/mol. The van der Waals surface area contributed by atoms with Gasteiger partial charge in [-0.2, -0.15) is 0 Å². The molecule has 3 amide bonds. The van der Waals surface area contributed by atoms with E-state index in [-0.39, 0.29) is 0 Å². The molecule has 4 aliphatic rings. The highest BCUT2D eigenvalue weighted by Crippen LogP contribution is 2.34. The van der Waals surface area contributed by atoms with Crippen molar-refractivity contribution in [2.45, 2.75) is 150 Å². The molecule has 0 spiro atoms. The minimum atomic E-state index is -1.84. The Balaban J connectivity index is 1.63. The van der Waals surface area contributed by atoms with Crippen LogP contribution in [0.5, 0.6) is 0 Å². The zero-order valence-corrected chi connectivity index (χ0v) is 29.4. The van der Waals surface area contributed by atoms with Gasteiger partial charge in [0.15, 0.2) is 25.2 Å². The molecular weight excluding hydrogens is 720 g/mol. The molecular formula is C30H52N4O19. The normalized spacial score (nSPS) is 46.3. The van der Waals surface area contributed by atoms with Crippen molar-refractivity contribution in [3.05, 3.63) is 0 Å². The minimum Gasteiger partial charge on any atom is -0.394 e. The van der Waals surface area contributed by atoms with Gasteiger partial charge in [0.25, 0.3) is 0 Å². The van der Waals surface area contributed by atoms with E-state index in [0.29, 0.717) is 0 Å². The van der Waals surface area contributed by atoms with Crippen LogP contribution in [-0.4, -0.2) is 206 Å². The first-order valence-corrected chi connectivity index (χ1v) is 17.0. The maximum absolute atomic E-state index is 12.4. The number of carbonyl (C=O) groups is 3. The molecule has 306 valence electrons. The van der Waals surface area contributed by atoms with Gasteiger partial charge in [-0.05, 0) is 6.92 Å². The summed E-state index contributed by atoms with van der Waals surface area (Å²) < 4.78 is 40.7. The van der Waals surface area contributed by atoms with Gasteiger partial charge in [-0.3, -0.25) is 14.4 Å². The SMILES string of the molecule is CC(=O)N[C@H]1[C@@H](O[C@H]2[C@@H](O)[C@@H](CO)OC(O)[C@@H]2NC(C)=O)O[C@H](CO)[C@H](O[C@@H]2O[C@H](C)[C@H](N)[C@H](O[C@@H]3O[C@H](CO)[C@@H](O)[C@H](O)[C@H]3O)[C@H]2NC(C)=O)[C@@H]1O. The third-order valence-corrected chi connectivity index (χ3v) is 9.48. The highest BCUT2D eigenvalue weighted by molar-refractivity contribution is 5.74. The molecule has 23 nitrogen and oxygen atoms in total. The summed E-state index contributed by atoms with van der Waals surface area (Å²) in [6.45, 7) is 2.49. The number of carbonyl (C=O) groups excluding carboxylic acids is 3. The molecule has 4 heterocycles. The van der Waals surface area contributed by atoms with Crippen molar-refractivity contribution >= 4 is 17.7 Å². The van der Waals surface area contributed by atoms with Crippen LogP contribution in [0.2, 0.25) is 0 Å². The van der Waals surface area contributed by atoms with E-state index in [4.69, 9.17) is 38.9 Å². The lowest BCUT2D eigenvalue weighted by Gasteiger charge is -2.51. The Morgan fingerprint density at radius 3 is 1.58 bits per heavy atom. The van der Waals surface area contributed by atoms with Crippen molar-refractivity contribution in [2.75, 3.05) is 19.8 Å². The minimum absolute atomic E-state index is 0.646. The van der Waals surface area contributed by atoms with Crippen LogP contribution in [0.1, 0.15) is 27.7 Å². The van der Waals surface area contributed by atoms with Crippen LogP contribution >= 0.6 is 0 Å². The molecule has 1 unspecified atom stereocenters. The zero-order chi connectivity index (χ0) is 39.5. The number of ether oxygens (including phenoxy) is 7. The highest BCUT2D eigenvalue weighted by Gasteiger charge is 2.55. The number of nitrogens with one attached hydrogen (secondary N) is 3. The first-order valence-electron chi connectivity index (χ1n) is 17.0. The van der Waals surface area contributed by atoms with E-state index >= 15 is 0 Å². The summed E-state index contributed by atoms with van der Waals surface area (Å²) in [5, 5.41) is 102. The van der Waals surface area contributed by atoms with Crippen LogP contribution < -0.4 is 21.7 Å². The molecule has 0 aromatic rings. The van der Waals surface area contributed by atoms with Gasteiger partial charge in [-0.15, -0.1) is 0 Å². The van der Waals surface area contributed by atoms with E-state index in [9.17, 15) is 60.3 Å². The van der Waals surface area contributed by atoms with Gasteiger partial charge in [0, 0.05) is 20.8 Å². The second-order valence-electron chi connectivity index (χ2n) is 13.4. The fraction of sp³-hybridized carbons (Fsp3) is 0.900. The predicted molar refractivity (Wildman–Crippen MR) is 169 cm³/mol. The Morgan fingerprint density at radius 1 is 0.547 bits per heavy atom. The first-order chi connectivity index (χ1) is 24.9. The quantitative estimate of drug-likeness (QED) is 0.0876. The molecule has 0 aromatic carbocycles. The van der Waals surface area contributed by atoms with Crippen LogP contribution in [0, 0.1) is 0 Å². The van der Waals surface area contributed by atoms with Gasteiger partial charge in [0.05, 0.1) is 32.0 Å². The number of rotatable bonds is 12. The van der Waals surface area contributed by atoms with Crippen molar-refractivity contribution in [1.29, 1.82) is 0 Å². The fourth-order valence-corrected chi connectivity index (χ4v) is 6.74. The van der Waals surface area contributed by atoms with Gasteiger partial charge in [0.1, 0.15) is 85.3 Å². The number of hydrogen-bond donors (Lipinski definition) is 13. The van der Waals surface area contributed by atoms with Crippen molar-refractivity contribution in [3.63, 3.8) is 0 Å². The predicted octanol–water partition coefficient (Wildman–Crippen LogP) is -8.32. The Kier molecular flexibility index (Phi) is 15.2. The molecule has 0 saturated carbocycles. The van der Waals surface area contributed by atoms with Crippen LogP contribution in [0.15, 0.2) is 0 Å². The Morgan fingerprint density at radius 2 is 1.02 bits per heavy atom. The molecule has 0 aromatic heterocycles.